The first-order valence-corrected chi connectivity index (χ1v) is 11.4. The van der Waals surface area contributed by atoms with Gasteiger partial charge in [0.2, 0.25) is 12.7 Å². The van der Waals surface area contributed by atoms with Crippen LogP contribution >= 0.6 is 0 Å². The monoisotopic (exact) mass is 444 g/mol. The highest BCUT2D eigenvalue weighted by atomic mass is 16.7. The third-order valence-electron chi connectivity index (χ3n) is 6.47. The van der Waals surface area contributed by atoms with Gasteiger partial charge in [-0.2, -0.15) is 0 Å². The first kappa shape index (κ1) is 21.2. The second kappa shape index (κ2) is 9.10. The lowest BCUT2D eigenvalue weighted by Gasteiger charge is -2.32. The lowest BCUT2D eigenvalue weighted by atomic mass is 9.97. The summed E-state index contributed by atoms with van der Waals surface area (Å²) >= 11 is 0. The van der Waals surface area contributed by atoms with Gasteiger partial charge >= 0.3 is 0 Å². The van der Waals surface area contributed by atoms with E-state index in [-0.39, 0.29) is 18.6 Å². The van der Waals surface area contributed by atoms with E-state index in [1.807, 2.05) is 30.3 Å². The first-order valence-electron chi connectivity index (χ1n) is 11.4. The number of benzene rings is 2. The molecule has 7 heteroatoms. The number of aromatic nitrogens is 2. The molecule has 0 aliphatic carbocycles. The Kier molecular flexibility index (Phi) is 5.86. The van der Waals surface area contributed by atoms with E-state index in [4.69, 9.17) is 9.47 Å². The molecule has 0 spiro atoms. The lowest BCUT2D eigenvalue weighted by molar-refractivity contribution is -0.125. The van der Waals surface area contributed by atoms with Gasteiger partial charge in [-0.3, -0.25) is 4.79 Å². The quantitative estimate of drug-likeness (QED) is 0.641. The molecule has 1 aromatic heterocycles. The van der Waals surface area contributed by atoms with Gasteiger partial charge in [0, 0.05) is 25.2 Å². The van der Waals surface area contributed by atoms with Gasteiger partial charge in [-0.1, -0.05) is 18.2 Å². The highest BCUT2D eigenvalue weighted by Gasteiger charge is 2.27. The van der Waals surface area contributed by atoms with Crippen LogP contribution in [0.1, 0.15) is 29.5 Å². The maximum Gasteiger partial charge on any atom is 0.231 e. The van der Waals surface area contributed by atoms with Crippen LogP contribution in [0.4, 0.5) is 5.82 Å². The van der Waals surface area contributed by atoms with Gasteiger partial charge in [-0.15, -0.1) is 10.2 Å². The Morgan fingerprint density at radius 3 is 2.73 bits per heavy atom. The highest BCUT2D eigenvalue weighted by Crippen LogP contribution is 2.32. The number of aryl methyl sites for hydroxylation is 2. The number of hydrogen-bond acceptors (Lipinski definition) is 6. The smallest absolute Gasteiger partial charge is 0.231 e. The number of hydrogen-bond donors (Lipinski definition) is 1. The van der Waals surface area contributed by atoms with E-state index in [2.05, 4.69) is 52.5 Å². The molecule has 170 valence electrons. The second-order valence-electron chi connectivity index (χ2n) is 8.77. The Labute approximate surface area is 193 Å². The third-order valence-corrected chi connectivity index (χ3v) is 6.47. The van der Waals surface area contributed by atoms with Crippen LogP contribution in [0.15, 0.2) is 48.5 Å². The van der Waals surface area contributed by atoms with Crippen molar-refractivity contribution < 1.29 is 14.3 Å². The van der Waals surface area contributed by atoms with E-state index in [1.54, 1.807) is 0 Å². The number of amides is 1. The van der Waals surface area contributed by atoms with Crippen molar-refractivity contribution in [3.8, 4) is 22.8 Å². The van der Waals surface area contributed by atoms with Crippen LogP contribution in [-0.4, -0.2) is 36.0 Å². The van der Waals surface area contributed by atoms with Crippen molar-refractivity contribution in [2.24, 2.45) is 5.92 Å². The summed E-state index contributed by atoms with van der Waals surface area (Å²) < 4.78 is 10.8. The molecule has 1 fully saturated rings. The number of anilines is 1. The van der Waals surface area contributed by atoms with E-state index >= 15 is 0 Å². The fourth-order valence-electron chi connectivity index (χ4n) is 4.33. The van der Waals surface area contributed by atoms with Gasteiger partial charge in [0.1, 0.15) is 0 Å². The fourth-order valence-corrected chi connectivity index (χ4v) is 4.33. The molecule has 2 aliphatic heterocycles. The molecule has 2 aromatic carbocycles. The maximum absolute atomic E-state index is 12.9. The molecule has 0 bridgehead atoms. The van der Waals surface area contributed by atoms with Gasteiger partial charge in [0.05, 0.1) is 11.6 Å². The van der Waals surface area contributed by atoms with Crippen molar-refractivity contribution in [1.29, 1.82) is 0 Å². The summed E-state index contributed by atoms with van der Waals surface area (Å²) in [6.07, 6.45) is 1.82. The summed E-state index contributed by atoms with van der Waals surface area (Å²) in [6, 6.07) is 16.1. The standard InChI is InChI=1S/C26H28N4O3/c1-17-5-7-20(12-18(17)2)22-8-10-25(29-28-22)30-11-3-4-21(15-30)26(31)27-14-19-6-9-23-24(13-19)33-16-32-23/h5-10,12-13,21H,3-4,11,14-16H2,1-2H3,(H,27,31)/t21-/m0/s1. The topological polar surface area (TPSA) is 76.6 Å². The Morgan fingerprint density at radius 2 is 1.91 bits per heavy atom. The molecule has 1 amide bonds. The van der Waals surface area contributed by atoms with Crippen molar-refractivity contribution >= 4 is 11.7 Å². The number of nitrogens with one attached hydrogen (secondary N) is 1. The maximum atomic E-state index is 12.9. The van der Waals surface area contributed by atoms with E-state index < -0.39 is 0 Å². The molecule has 0 saturated carbocycles. The summed E-state index contributed by atoms with van der Waals surface area (Å²) in [5.41, 5.74) is 5.42. The Bertz CT molecular complexity index is 1160. The van der Waals surface area contributed by atoms with Gasteiger partial charge in [0.15, 0.2) is 17.3 Å². The van der Waals surface area contributed by atoms with Crippen LogP contribution in [0.25, 0.3) is 11.3 Å². The largest absolute Gasteiger partial charge is 0.454 e. The number of fused-ring (bicyclic) bond motifs is 1. The minimum atomic E-state index is -0.0750. The SMILES string of the molecule is Cc1ccc(-c2ccc(N3CCC[C@H](C(=O)NCc4ccc5c(c4)OCO5)C3)nn2)cc1C. The molecule has 0 unspecified atom stereocenters. The van der Waals surface area contributed by atoms with Gasteiger partial charge in [-0.05, 0) is 73.7 Å². The van der Waals surface area contributed by atoms with Crippen molar-refractivity contribution in [3.63, 3.8) is 0 Å². The molecule has 1 saturated heterocycles. The number of piperidine rings is 1. The van der Waals surface area contributed by atoms with Gasteiger partial charge < -0.3 is 19.7 Å². The first-order chi connectivity index (χ1) is 16.1. The summed E-state index contributed by atoms with van der Waals surface area (Å²) in [4.78, 5) is 15.0. The zero-order valence-electron chi connectivity index (χ0n) is 19.0. The number of rotatable bonds is 5. The minimum Gasteiger partial charge on any atom is -0.454 e. The van der Waals surface area contributed by atoms with E-state index in [0.717, 1.165) is 53.5 Å². The number of nitrogens with zero attached hydrogens (tertiary/aromatic N) is 3. The zero-order valence-corrected chi connectivity index (χ0v) is 19.0. The Balaban J connectivity index is 1.20. The fraction of sp³-hybridized carbons (Fsp3) is 0.346. The third kappa shape index (κ3) is 4.62. The number of carbonyl (C=O) groups is 1. The average Bonchev–Trinajstić information content (AvgIpc) is 3.32. The van der Waals surface area contributed by atoms with E-state index in [0.29, 0.717) is 13.1 Å². The van der Waals surface area contributed by atoms with E-state index in [9.17, 15) is 4.79 Å². The molecule has 3 aromatic rings. The number of ether oxygens (including phenoxy) is 2. The van der Waals surface area contributed by atoms with Crippen LogP contribution in [-0.2, 0) is 11.3 Å². The van der Waals surface area contributed by atoms with Gasteiger partial charge in [-0.25, -0.2) is 0 Å². The molecule has 5 rings (SSSR count). The molecule has 1 atom stereocenters. The predicted molar refractivity (Wildman–Crippen MR) is 126 cm³/mol. The van der Waals surface area contributed by atoms with E-state index in [1.165, 1.54) is 11.1 Å². The minimum absolute atomic E-state index is 0.0667. The summed E-state index contributed by atoms with van der Waals surface area (Å²) in [5, 5.41) is 12.0. The molecule has 0 radical (unpaired) electrons. The van der Waals surface area contributed by atoms with Crippen molar-refractivity contribution in [3.05, 3.63) is 65.2 Å². The van der Waals surface area contributed by atoms with Crippen LogP contribution in [0.2, 0.25) is 0 Å². The molecule has 7 nitrogen and oxygen atoms in total. The molecule has 1 N–H and O–H groups in total. The normalized spacial score (nSPS) is 17.2. The van der Waals surface area contributed by atoms with Crippen molar-refractivity contribution in [2.45, 2.75) is 33.2 Å². The van der Waals surface area contributed by atoms with Crippen LogP contribution in [0.5, 0.6) is 11.5 Å². The molecular formula is C26H28N4O3. The highest BCUT2D eigenvalue weighted by molar-refractivity contribution is 5.79. The Hall–Kier alpha value is -3.61. The van der Waals surface area contributed by atoms with Crippen molar-refractivity contribution in [2.75, 3.05) is 24.8 Å². The predicted octanol–water partition coefficient (Wildman–Crippen LogP) is 4.02. The van der Waals surface area contributed by atoms with Crippen LogP contribution in [0, 0.1) is 19.8 Å². The lowest BCUT2D eigenvalue weighted by Crippen LogP contribution is -2.43. The van der Waals surface area contributed by atoms with Gasteiger partial charge in [0.25, 0.3) is 0 Å². The zero-order chi connectivity index (χ0) is 22.8. The summed E-state index contributed by atoms with van der Waals surface area (Å²) in [6.45, 7) is 6.44. The average molecular weight is 445 g/mol. The molecular weight excluding hydrogens is 416 g/mol. The summed E-state index contributed by atoms with van der Waals surface area (Å²) in [7, 11) is 0. The van der Waals surface area contributed by atoms with Crippen molar-refractivity contribution in [1.82, 2.24) is 15.5 Å². The Morgan fingerprint density at radius 1 is 1.03 bits per heavy atom. The second-order valence-corrected chi connectivity index (χ2v) is 8.77. The summed E-state index contributed by atoms with van der Waals surface area (Å²) in [5.74, 6) is 2.29. The molecule has 2 aliphatic rings. The molecule has 3 heterocycles. The molecule has 33 heavy (non-hydrogen) atoms. The van der Waals surface area contributed by atoms with Crippen LogP contribution in [0.3, 0.4) is 0 Å². The van der Waals surface area contributed by atoms with Crippen LogP contribution < -0.4 is 19.7 Å². The number of carbonyl (C=O) groups excluding carboxylic acids is 1.